The Balaban J connectivity index is 1.87. The van der Waals surface area contributed by atoms with E-state index in [0.29, 0.717) is 11.6 Å². The molecule has 1 fully saturated rings. The molecule has 0 atom stereocenters. The lowest BCUT2D eigenvalue weighted by molar-refractivity contribution is 0.231. The third-order valence-corrected chi connectivity index (χ3v) is 3.24. The van der Waals surface area contributed by atoms with E-state index in [9.17, 15) is 0 Å². The van der Waals surface area contributed by atoms with Crippen LogP contribution in [0.25, 0.3) is 0 Å². The Kier molecular flexibility index (Phi) is 3.97. The molecule has 1 aromatic carbocycles. The quantitative estimate of drug-likeness (QED) is 0.781. The molecule has 0 amide bonds. The summed E-state index contributed by atoms with van der Waals surface area (Å²) < 4.78 is 5.74. The largest absolute Gasteiger partial charge is 0.492 e. The van der Waals surface area contributed by atoms with Gasteiger partial charge in [-0.25, -0.2) is 0 Å². The predicted molar refractivity (Wildman–Crippen MR) is 73.5 cm³/mol. The molecule has 1 aliphatic rings. The Bertz CT molecular complexity index is 404. The Morgan fingerprint density at radius 2 is 2.18 bits per heavy atom. The van der Waals surface area contributed by atoms with Gasteiger partial charge in [-0.2, -0.15) is 0 Å². The van der Waals surface area contributed by atoms with Gasteiger partial charge in [0.2, 0.25) is 0 Å². The van der Waals surface area contributed by atoms with Crippen molar-refractivity contribution >= 4 is 17.2 Å². The Labute approximate surface area is 108 Å². The highest BCUT2D eigenvalue weighted by molar-refractivity contribution is 7.80. The molecule has 2 rings (SSSR count). The summed E-state index contributed by atoms with van der Waals surface area (Å²) in [5.74, 6) is 0.782. The second-order valence-corrected chi connectivity index (χ2v) is 4.86. The van der Waals surface area contributed by atoms with Crippen molar-refractivity contribution in [2.24, 2.45) is 5.73 Å². The Morgan fingerprint density at radius 3 is 2.82 bits per heavy atom. The van der Waals surface area contributed by atoms with Gasteiger partial charge in [-0.3, -0.25) is 0 Å². The van der Waals surface area contributed by atoms with E-state index in [1.54, 1.807) is 0 Å². The molecule has 0 saturated heterocycles. The van der Waals surface area contributed by atoms with Crippen LogP contribution in [0.4, 0.5) is 0 Å². The van der Waals surface area contributed by atoms with Crippen molar-refractivity contribution in [3.8, 4) is 5.75 Å². The molecule has 0 aliphatic heterocycles. The summed E-state index contributed by atoms with van der Waals surface area (Å²) in [4.78, 5) is 2.72. The molecule has 0 spiro atoms. The molecule has 0 radical (unpaired) electrons. The molecule has 0 heterocycles. The second-order valence-electron chi connectivity index (χ2n) is 4.42. The zero-order valence-electron chi connectivity index (χ0n) is 10.1. The van der Waals surface area contributed by atoms with Crippen LogP contribution >= 0.6 is 12.2 Å². The van der Waals surface area contributed by atoms with E-state index in [4.69, 9.17) is 22.7 Å². The zero-order chi connectivity index (χ0) is 12.3. The number of nitrogens with two attached hydrogens (primary N) is 1. The normalized spacial score (nSPS) is 14.9. The van der Waals surface area contributed by atoms with E-state index in [2.05, 4.69) is 11.9 Å². The number of rotatable bonds is 6. The molecule has 4 heteroatoms. The maximum absolute atomic E-state index is 5.74. The van der Waals surface area contributed by atoms with Crippen molar-refractivity contribution in [2.45, 2.75) is 18.9 Å². The van der Waals surface area contributed by atoms with Crippen molar-refractivity contribution in [1.29, 1.82) is 0 Å². The molecule has 92 valence electrons. The number of likely N-dealkylation sites (N-methyl/N-ethyl adjacent to an activating group) is 1. The summed E-state index contributed by atoms with van der Waals surface area (Å²) in [5, 5.41) is 0. The summed E-state index contributed by atoms with van der Waals surface area (Å²) in [5.41, 5.74) is 6.46. The van der Waals surface area contributed by atoms with Gasteiger partial charge in [-0.1, -0.05) is 24.4 Å². The van der Waals surface area contributed by atoms with Gasteiger partial charge in [0, 0.05) is 12.6 Å². The fourth-order valence-corrected chi connectivity index (χ4v) is 1.96. The van der Waals surface area contributed by atoms with Crippen molar-refractivity contribution in [3.05, 3.63) is 29.8 Å². The second kappa shape index (κ2) is 5.47. The van der Waals surface area contributed by atoms with Gasteiger partial charge in [0.15, 0.2) is 0 Å². The Hall–Kier alpha value is -1.13. The number of hydrogen-bond donors (Lipinski definition) is 1. The minimum Gasteiger partial charge on any atom is -0.492 e. The summed E-state index contributed by atoms with van der Waals surface area (Å²) in [6.45, 7) is 1.61. The first-order valence-electron chi connectivity index (χ1n) is 5.90. The molecule has 3 nitrogen and oxygen atoms in total. The topological polar surface area (TPSA) is 38.5 Å². The first-order valence-corrected chi connectivity index (χ1v) is 6.31. The molecule has 17 heavy (non-hydrogen) atoms. The van der Waals surface area contributed by atoms with Crippen LogP contribution in [0.15, 0.2) is 24.3 Å². The molecule has 0 bridgehead atoms. The lowest BCUT2D eigenvalue weighted by atomic mass is 10.2. The molecule has 2 N–H and O–H groups in total. The average Bonchev–Trinajstić information content (AvgIpc) is 3.13. The van der Waals surface area contributed by atoms with Crippen molar-refractivity contribution in [3.63, 3.8) is 0 Å². The van der Waals surface area contributed by atoms with Crippen molar-refractivity contribution in [2.75, 3.05) is 20.2 Å². The molecule has 1 aliphatic carbocycles. The van der Waals surface area contributed by atoms with Crippen molar-refractivity contribution in [1.82, 2.24) is 4.90 Å². The van der Waals surface area contributed by atoms with E-state index in [1.165, 1.54) is 12.8 Å². The van der Waals surface area contributed by atoms with Gasteiger partial charge in [-0.05, 0) is 32.0 Å². The van der Waals surface area contributed by atoms with Gasteiger partial charge >= 0.3 is 0 Å². The number of thiocarbonyl (C=S) groups is 1. The average molecular weight is 250 g/mol. The summed E-state index contributed by atoms with van der Waals surface area (Å²) in [6.07, 6.45) is 2.64. The van der Waals surface area contributed by atoms with Crippen LogP contribution in [0.5, 0.6) is 5.75 Å². The maximum atomic E-state index is 5.74. The highest BCUT2D eigenvalue weighted by Gasteiger charge is 2.25. The molecular weight excluding hydrogens is 232 g/mol. The lowest BCUT2D eigenvalue weighted by Gasteiger charge is -2.16. The summed E-state index contributed by atoms with van der Waals surface area (Å²) >= 11 is 4.99. The standard InChI is InChI=1S/C13H18N2OS/c1-15(10-6-7-10)8-9-16-12-5-3-2-4-11(12)13(14)17/h2-5,10H,6-9H2,1H3,(H2,14,17). The van der Waals surface area contributed by atoms with Crippen LogP contribution in [-0.4, -0.2) is 36.1 Å². The monoisotopic (exact) mass is 250 g/mol. The predicted octanol–water partition coefficient (Wildman–Crippen LogP) is 1.79. The molecule has 0 aromatic heterocycles. The third-order valence-electron chi connectivity index (χ3n) is 3.02. The van der Waals surface area contributed by atoms with Crippen LogP contribution in [0.1, 0.15) is 18.4 Å². The first kappa shape index (κ1) is 12.3. The summed E-state index contributed by atoms with van der Waals surface area (Å²) in [7, 11) is 2.14. The number of para-hydroxylation sites is 1. The number of benzene rings is 1. The fourth-order valence-electron chi connectivity index (χ4n) is 1.79. The lowest BCUT2D eigenvalue weighted by Crippen LogP contribution is -2.26. The van der Waals surface area contributed by atoms with Gasteiger partial charge in [0.05, 0.1) is 5.56 Å². The van der Waals surface area contributed by atoms with E-state index in [0.717, 1.165) is 23.9 Å². The SMILES string of the molecule is CN(CCOc1ccccc1C(N)=S)C1CC1. The number of nitrogens with zero attached hydrogens (tertiary/aromatic N) is 1. The van der Waals surface area contributed by atoms with Crippen LogP contribution < -0.4 is 10.5 Å². The van der Waals surface area contributed by atoms with Gasteiger partial charge in [0.25, 0.3) is 0 Å². The van der Waals surface area contributed by atoms with E-state index in [-0.39, 0.29) is 0 Å². The van der Waals surface area contributed by atoms with Gasteiger partial charge in [0.1, 0.15) is 17.3 Å². The molecular formula is C13H18N2OS. The molecule has 1 aromatic rings. The van der Waals surface area contributed by atoms with Crippen LogP contribution in [0.2, 0.25) is 0 Å². The first-order chi connectivity index (χ1) is 8.18. The molecule has 1 saturated carbocycles. The van der Waals surface area contributed by atoms with E-state index in [1.807, 2.05) is 24.3 Å². The van der Waals surface area contributed by atoms with Crippen molar-refractivity contribution < 1.29 is 4.74 Å². The number of hydrogen-bond acceptors (Lipinski definition) is 3. The Morgan fingerprint density at radius 1 is 1.47 bits per heavy atom. The maximum Gasteiger partial charge on any atom is 0.129 e. The van der Waals surface area contributed by atoms with Crippen LogP contribution in [0.3, 0.4) is 0 Å². The smallest absolute Gasteiger partial charge is 0.129 e. The highest BCUT2D eigenvalue weighted by Crippen LogP contribution is 2.25. The number of ether oxygens (including phenoxy) is 1. The summed E-state index contributed by atoms with van der Waals surface area (Å²) in [6, 6.07) is 8.41. The highest BCUT2D eigenvalue weighted by atomic mass is 32.1. The minimum atomic E-state index is 0.385. The van der Waals surface area contributed by atoms with Crippen LogP contribution in [-0.2, 0) is 0 Å². The zero-order valence-corrected chi connectivity index (χ0v) is 10.9. The minimum absolute atomic E-state index is 0.385. The van der Waals surface area contributed by atoms with E-state index >= 15 is 0 Å². The van der Waals surface area contributed by atoms with Gasteiger partial charge in [-0.15, -0.1) is 0 Å². The fraction of sp³-hybridized carbons (Fsp3) is 0.462. The molecule has 0 unspecified atom stereocenters. The van der Waals surface area contributed by atoms with Gasteiger partial charge < -0.3 is 15.4 Å². The van der Waals surface area contributed by atoms with Crippen LogP contribution in [0, 0.1) is 0 Å². The van der Waals surface area contributed by atoms with E-state index < -0.39 is 0 Å². The third kappa shape index (κ3) is 3.41.